The minimum Gasteiger partial charge on any atom is -0.495 e. The van der Waals surface area contributed by atoms with E-state index in [1.165, 1.54) is 33.3 Å². The monoisotopic (exact) mass is 497 g/mol. The van der Waals surface area contributed by atoms with Crippen LogP contribution in [-0.4, -0.2) is 45.2 Å². The Bertz CT molecular complexity index is 1030. The number of benzene rings is 2. The number of anilines is 1. The van der Waals surface area contributed by atoms with Crippen LogP contribution in [0.15, 0.2) is 40.6 Å². The van der Waals surface area contributed by atoms with Gasteiger partial charge in [0.1, 0.15) is 22.9 Å². The lowest BCUT2D eigenvalue weighted by molar-refractivity contribution is -0.126. The summed E-state index contributed by atoms with van der Waals surface area (Å²) >= 11 is 12.5. The number of methoxy groups -OCH3 is 2. The maximum absolute atomic E-state index is 13.1. The van der Waals surface area contributed by atoms with E-state index in [0.717, 1.165) is 4.42 Å². The van der Waals surface area contributed by atoms with Gasteiger partial charge in [-0.1, -0.05) is 17.7 Å². The standard InChI is InChI=1S/C22H25Cl2N3O6/c1-6-32-17-10-8-9-16(21(17)33-7-2)27(24)22(29)20(13(3)28)26-25-15-11-14(23)18(30-4)12-19(15)31-5/h8-12,20H,6-7H2,1-5H3. The Kier molecular flexibility index (Phi) is 9.74. The fourth-order valence-electron chi connectivity index (χ4n) is 2.79. The molecular weight excluding hydrogens is 473 g/mol. The van der Waals surface area contributed by atoms with E-state index in [-0.39, 0.29) is 22.1 Å². The van der Waals surface area contributed by atoms with Crippen LogP contribution in [0.25, 0.3) is 0 Å². The van der Waals surface area contributed by atoms with Crippen molar-refractivity contribution in [3.05, 3.63) is 35.4 Å². The van der Waals surface area contributed by atoms with Crippen molar-refractivity contribution in [2.45, 2.75) is 26.8 Å². The van der Waals surface area contributed by atoms with Crippen LogP contribution in [0.1, 0.15) is 20.8 Å². The van der Waals surface area contributed by atoms with Gasteiger partial charge in [0.15, 0.2) is 17.3 Å². The lowest BCUT2D eigenvalue weighted by Gasteiger charge is -2.21. The molecule has 1 amide bonds. The highest BCUT2D eigenvalue weighted by Gasteiger charge is 2.31. The van der Waals surface area contributed by atoms with E-state index >= 15 is 0 Å². The Morgan fingerprint density at radius 1 is 1.03 bits per heavy atom. The summed E-state index contributed by atoms with van der Waals surface area (Å²) in [5, 5.41) is 8.20. The van der Waals surface area contributed by atoms with Crippen LogP contribution in [0.4, 0.5) is 11.4 Å². The molecule has 2 rings (SSSR count). The average molecular weight is 498 g/mol. The second-order valence-corrected chi connectivity index (χ2v) is 7.22. The number of hydrogen-bond donors (Lipinski definition) is 0. The summed E-state index contributed by atoms with van der Waals surface area (Å²) in [5.74, 6) is -0.0355. The molecule has 0 aliphatic carbocycles. The zero-order valence-corrected chi connectivity index (χ0v) is 20.4. The molecule has 9 nitrogen and oxygen atoms in total. The topological polar surface area (TPSA) is 99.0 Å². The Morgan fingerprint density at radius 3 is 2.27 bits per heavy atom. The smallest absolute Gasteiger partial charge is 0.276 e. The van der Waals surface area contributed by atoms with Crippen LogP contribution >= 0.6 is 23.4 Å². The number of para-hydroxylation sites is 1. The third kappa shape index (κ3) is 6.27. The summed E-state index contributed by atoms with van der Waals surface area (Å²) in [6.07, 6.45) is 0. The zero-order chi connectivity index (χ0) is 24.5. The second-order valence-electron chi connectivity index (χ2n) is 6.48. The van der Waals surface area contributed by atoms with Gasteiger partial charge in [-0.2, -0.15) is 10.2 Å². The van der Waals surface area contributed by atoms with Gasteiger partial charge in [0.25, 0.3) is 5.91 Å². The predicted octanol–water partition coefficient (Wildman–Crippen LogP) is 5.38. The predicted molar refractivity (Wildman–Crippen MR) is 126 cm³/mol. The van der Waals surface area contributed by atoms with E-state index < -0.39 is 17.7 Å². The van der Waals surface area contributed by atoms with Gasteiger partial charge in [-0.15, -0.1) is 0 Å². The zero-order valence-electron chi connectivity index (χ0n) is 18.9. The Hall–Kier alpha value is -3.04. The van der Waals surface area contributed by atoms with E-state index in [2.05, 4.69) is 10.2 Å². The molecule has 178 valence electrons. The number of hydrogen-bond acceptors (Lipinski definition) is 8. The molecule has 0 aliphatic heterocycles. The molecule has 2 aromatic carbocycles. The molecule has 0 bridgehead atoms. The van der Waals surface area contributed by atoms with Gasteiger partial charge in [-0.25, -0.2) is 4.42 Å². The van der Waals surface area contributed by atoms with Crippen molar-refractivity contribution in [2.75, 3.05) is 31.9 Å². The second kappa shape index (κ2) is 12.3. The summed E-state index contributed by atoms with van der Waals surface area (Å²) in [5.41, 5.74) is 0.415. The van der Waals surface area contributed by atoms with Crippen LogP contribution in [0.5, 0.6) is 23.0 Å². The largest absolute Gasteiger partial charge is 0.495 e. The molecule has 11 heteroatoms. The van der Waals surface area contributed by atoms with Crippen LogP contribution in [-0.2, 0) is 9.59 Å². The number of nitrogens with zero attached hydrogens (tertiary/aromatic N) is 3. The maximum Gasteiger partial charge on any atom is 0.276 e. The molecule has 2 aromatic rings. The van der Waals surface area contributed by atoms with Crippen molar-refractivity contribution < 1.29 is 28.5 Å². The molecule has 0 saturated heterocycles. The van der Waals surface area contributed by atoms with E-state index in [0.29, 0.717) is 30.5 Å². The van der Waals surface area contributed by atoms with Crippen molar-refractivity contribution >= 4 is 46.4 Å². The van der Waals surface area contributed by atoms with Gasteiger partial charge < -0.3 is 18.9 Å². The Labute approximate surface area is 202 Å². The fraction of sp³-hybridized carbons (Fsp3) is 0.364. The number of amides is 1. The van der Waals surface area contributed by atoms with Gasteiger partial charge >= 0.3 is 0 Å². The molecule has 0 radical (unpaired) electrons. The Morgan fingerprint density at radius 2 is 1.70 bits per heavy atom. The van der Waals surface area contributed by atoms with Crippen LogP contribution in [0, 0.1) is 0 Å². The van der Waals surface area contributed by atoms with Crippen molar-refractivity contribution in [3.63, 3.8) is 0 Å². The molecule has 0 saturated carbocycles. The third-order valence-electron chi connectivity index (χ3n) is 4.30. The normalized spacial score (nSPS) is 11.7. The summed E-state index contributed by atoms with van der Waals surface area (Å²) in [7, 11) is 2.88. The average Bonchev–Trinajstić information content (AvgIpc) is 2.79. The number of ketones is 1. The van der Waals surface area contributed by atoms with Crippen LogP contribution in [0.3, 0.4) is 0 Å². The molecule has 0 aromatic heterocycles. The van der Waals surface area contributed by atoms with Crippen LogP contribution < -0.4 is 23.4 Å². The number of ether oxygens (including phenoxy) is 4. The first-order valence-electron chi connectivity index (χ1n) is 10.00. The highest BCUT2D eigenvalue weighted by atomic mass is 35.5. The van der Waals surface area contributed by atoms with Crippen LogP contribution in [0.2, 0.25) is 5.02 Å². The lowest BCUT2D eigenvalue weighted by Crippen LogP contribution is -2.36. The molecule has 1 unspecified atom stereocenters. The molecule has 0 spiro atoms. The Balaban J connectivity index is 2.41. The summed E-state index contributed by atoms with van der Waals surface area (Å²) in [4.78, 5) is 25.4. The minimum absolute atomic E-state index is 0.205. The first-order chi connectivity index (χ1) is 15.8. The SMILES string of the molecule is CCOc1cccc(N(Cl)C(=O)C(N=Nc2cc(Cl)c(OC)cc2OC)C(C)=O)c1OCC. The minimum atomic E-state index is -1.52. The summed E-state index contributed by atoms with van der Waals surface area (Å²) in [6, 6.07) is 6.36. The van der Waals surface area contributed by atoms with Crippen molar-refractivity contribution in [3.8, 4) is 23.0 Å². The van der Waals surface area contributed by atoms with Gasteiger partial charge in [0.05, 0.1) is 32.5 Å². The number of azo groups is 1. The van der Waals surface area contributed by atoms with Crippen molar-refractivity contribution in [1.82, 2.24) is 0 Å². The highest BCUT2D eigenvalue weighted by molar-refractivity contribution is 6.39. The lowest BCUT2D eigenvalue weighted by atomic mass is 10.2. The van der Waals surface area contributed by atoms with Crippen molar-refractivity contribution in [1.29, 1.82) is 0 Å². The van der Waals surface area contributed by atoms with E-state index in [9.17, 15) is 9.59 Å². The molecule has 1 atom stereocenters. The van der Waals surface area contributed by atoms with E-state index in [4.69, 9.17) is 42.3 Å². The van der Waals surface area contributed by atoms with E-state index in [1.807, 2.05) is 6.92 Å². The number of carbonyl (C=O) groups excluding carboxylic acids is 2. The van der Waals surface area contributed by atoms with Crippen molar-refractivity contribution in [2.24, 2.45) is 10.2 Å². The molecule has 33 heavy (non-hydrogen) atoms. The first kappa shape index (κ1) is 26.2. The molecule has 0 N–H and O–H groups in total. The number of carbonyl (C=O) groups is 2. The number of halogens is 2. The molecular formula is C22H25Cl2N3O6. The van der Waals surface area contributed by atoms with Gasteiger partial charge in [0.2, 0.25) is 6.04 Å². The van der Waals surface area contributed by atoms with Gasteiger partial charge in [0, 0.05) is 17.8 Å². The number of rotatable bonds is 11. The molecule has 0 aliphatic rings. The molecule has 0 heterocycles. The fourth-order valence-corrected chi connectivity index (χ4v) is 3.25. The third-order valence-corrected chi connectivity index (χ3v) is 4.95. The number of Topliss-reactive ketones (excluding diaryl/α,β-unsaturated/α-hetero) is 1. The van der Waals surface area contributed by atoms with Gasteiger partial charge in [-0.3, -0.25) is 9.59 Å². The van der Waals surface area contributed by atoms with E-state index in [1.54, 1.807) is 25.1 Å². The summed E-state index contributed by atoms with van der Waals surface area (Å²) < 4.78 is 22.4. The van der Waals surface area contributed by atoms with Gasteiger partial charge in [-0.05, 0) is 39.0 Å². The maximum atomic E-state index is 13.1. The highest BCUT2D eigenvalue weighted by Crippen LogP contribution is 2.40. The quantitative estimate of drug-likeness (QED) is 0.234. The summed E-state index contributed by atoms with van der Waals surface area (Å²) in [6.45, 7) is 5.51. The molecule has 0 fully saturated rings. The first-order valence-corrected chi connectivity index (χ1v) is 10.7.